The zero-order valence-corrected chi connectivity index (χ0v) is 19.6. The summed E-state index contributed by atoms with van der Waals surface area (Å²) in [5, 5.41) is 25.9. The number of nitrogen functional groups attached to an aromatic ring is 1. The van der Waals surface area contributed by atoms with Crippen LogP contribution in [0.25, 0.3) is 28.4 Å². The molecule has 0 aliphatic heterocycles. The first-order chi connectivity index (χ1) is 18.1. The number of rotatable bonds is 7. The van der Waals surface area contributed by atoms with E-state index in [1.807, 2.05) is 24.3 Å². The van der Waals surface area contributed by atoms with Gasteiger partial charge in [0.05, 0.1) is 28.6 Å². The molecule has 0 radical (unpaired) electrons. The van der Waals surface area contributed by atoms with Gasteiger partial charge in [-0.15, -0.1) is 10.2 Å². The molecule has 0 fully saturated rings. The smallest absolute Gasteiger partial charge is 0.223 e. The fourth-order valence-electron chi connectivity index (χ4n) is 3.76. The number of anilines is 1. The first-order valence-corrected chi connectivity index (χ1v) is 11.0. The summed E-state index contributed by atoms with van der Waals surface area (Å²) in [5.41, 5.74) is 10.1. The minimum absolute atomic E-state index is 0.109. The number of aliphatic imine (C=N–C) groups is 2. The van der Waals surface area contributed by atoms with Crippen molar-refractivity contribution in [2.24, 2.45) is 9.98 Å². The normalized spacial score (nSPS) is 11.7. The third-order valence-corrected chi connectivity index (χ3v) is 5.37. The maximum Gasteiger partial charge on any atom is 0.223 e. The highest BCUT2D eigenvalue weighted by Crippen LogP contribution is 2.28. The van der Waals surface area contributed by atoms with E-state index in [0.717, 1.165) is 0 Å². The lowest BCUT2D eigenvalue weighted by Gasteiger charge is -2.12. The number of nitrogens with two attached hydrogens (primary N) is 1. The molecular formula is C24H19N13. The van der Waals surface area contributed by atoms with E-state index in [-0.39, 0.29) is 12.5 Å². The van der Waals surface area contributed by atoms with Gasteiger partial charge < -0.3 is 5.73 Å². The van der Waals surface area contributed by atoms with Gasteiger partial charge in [0.25, 0.3) is 0 Å². The van der Waals surface area contributed by atoms with Crippen molar-refractivity contribution in [2.75, 3.05) is 12.8 Å². The van der Waals surface area contributed by atoms with Crippen LogP contribution in [0, 0.1) is 11.3 Å². The molecule has 13 nitrogen and oxygen atoms in total. The molecule has 5 rings (SSSR count). The van der Waals surface area contributed by atoms with Crippen LogP contribution < -0.4 is 5.73 Å². The number of tetrazole rings is 1. The molecule has 5 aromatic rings. The van der Waals surface area contributed by atoms with Gasteiger partial charge in [-0.05, 0) is 47.5 Å². The maximum absolute atomic E-state index is 9.41. The van der Waals surface area contributed by atoms with Crippen molar-refractivity contribution in [1.82, 2.24) is 44.8 Å². The second kappa shape index (κ2) is 9.92. The van der Waals surface area contributed by atoms with Gasteiger partial charge in [-0.25, -0.2) is 14.6 Å². The van der Waals surface area contributed by atoms with E-state index < -0.39 is 0 Å². The molecule has 0 unspecified atom stereocenters. The summed E-state index contributed by atoms with van der Waals surface area (Å²) in [5.74, 6) is 0.969. The summed E-state index contributed by atoms with van der Waals surface area (Å²) in [7, 11) is 1.64. The lowest BCUT2D eigenvalue weighted by Crippen LogP contribution is -2.11. The Morgan fingerprint density at radius 2 is 2.11 bits per heavy atom. The Hall–Kier alpha value is -5.64. The summed E-state index contributed by atoms with van der Waals surface area (Å²) in [6.45, 7) is 3.65. The number of allylic oxidation sites excluding steroid dienone is 1. The highest BCUT2D eigenvalue weighted by molar-refractivity contribution is 6.16. The molecule has 0 aliphatic carbocycles. The second-order valence-corrected chi connectivity index (χ2v) is 7.63. The SMILES string of the molecule is C=N/C=C\C(=NC)c1c(-c2cccc(C#N)c2)nc(N)n2nc(Cn3nnnc3-c3ccccn3)nc12. The van der Waals surface area contributed by atoms with Gasteiger partial charge in [0.15, 0.2) is 11.5 Å². The number of nitriles is 1. The van der Waals surface area contributed by atoms with E-state index in [0.29, 0.717) is 51.1 Å². The summed E-state index contributed by atoms with van der Waals surface area (Å²) in [6.07, 6.45) is 4.87. The molecule has 0 amide bonds. The molecule has 0 spiro atoms. The third kappa shape index (κ3) is 4.42. The Labute approximate surface area is 210 Å². The van der Waals surface area contributed by atoms with Gasteiger partial charge in [-0.1, -0.05) is 18.2 Å². The predicted molar refractivity (Wildman–Crippen MR) is 137 cm³/mol. The molecule has 1 aromatic carbocycles. The van der Waals surface area contributed by atoms with Crippen LogP contribution in [0.4, 0.5) is 5.95 Å². The minimum Gasteiger partial charge on any atom is -0.368 e. The van der Waals surface area contributed by atoms with Crippen LogP contribution in [0.1, 0.15) is 17.0 Å². The summed E-state index contributed by atoms with van der Waals surface area (Å²) < 4.78 is 2.99. The number of hydrogen-bond acceptors (Lipinski definition) is 11. The van der Waals surface area contributed by atoms with Crippen molar-refractivity contribution in [1.29, 1.82) is 5.26 Å². The van der Waals surface area contributed by atoms with Gasteiger partial charge in [0.2, 0.25) is 11.8 Å². The van der Waals surface area contributed by atoms with E-state index in [4.69, 9.17) is 10.7 Å². The van der Waals surface area contributed by atoms with E-state index in [9.17, 15) is 5.26 Å². The van der Waals surface area contributed by atoms with E-state index in [1.165, 1.54) is 10.7 Å². The van der Waals surface area contributed by atoms with Crippen molar-refractivity contribution in [3.05, 3.63) is 77.9 Å². The van der Waals surface area contributed by atoms with Crippen LogP contribution in [0.15, 0.2) is 70.9 Å². The molecule has 4 heterocycles. The van der Waals surface area contributed by atoms with Crippen LogP contribution >= 0.6 is 0 Å². The van der Waals surface area contributed by atoms with Gasteiger partial charge >= 0.3 is 0 Å². The Bertz CT molecular complexity index is 1700. The highest BCUT2D eigenvalue weighted by atomic mass is 15.5. The van der Waals surface area contributed by atoms with Crippen molar-refractivity contribution in [3.8, 4) is 28.8 Å². The molecular weight excluding hydrogens is 470 g/mol. The van der Waals surface area contributed by atoms with Crippen LogP contribution in [0.2, 0.25) is 0 Å². The molecule has 0 atom stereocenters. The predicted octanol–water partition coefficient (Wildman–Crippen LogP) is 1.98. The summed E-state index contributed by atoms with van der Waals surface area (Å²) in [6, 6.07) is 14.7. The quantitative estimate of drug-likeness (QED) is 0.335. The molecule has 0 aliphatic rings. The number of fused-ring (bicyclic) bond motifs is 1. The molecule has 37 heavy (non-hydrogen) atoms. The Morgan fingerprint density at radius 3 is 2.86 bits per heavy atom. The average molecular weight is 490 g/mol. The van der Waals surface area contributed by atoms with Gasteiger partial charge in [-0.3, -0.25) is 15.0 Å². The van der Waals surface area contributed by atoms with Crippen LogP contribution in [0.5, 0.6) is 0 Å². The van der Waals surface area contributed by atoms with E-state index in [2.05, 4.69) is 53.4 Å². The number of hydrogen-bond donors (Lipinski definition) is 1. The van der Waals surface area contributed by atoms with Crippen molar-refractivity contribution >= 4 is 24.0 Å². The Kier molecular flexibility index (Phi) is 6.20. The first-order valence-electron chi connectivity index (χ1n) is 11.0. The Balaban J connectivity index is 1.69. The lowest BCUT2D eigenvalue weighted by molar-refractivity contribution is 0.627. The van der Waals surface area contributed by atoms with Crippen molar-refractivity contribution in [2.45, 2.75) is 6.54 Å². The second-order valence-electron chi connectivity index (χ2n) is 7.63. The minimum atomic E-state index is 0.109. The molecule has 2 N–H and O–H groups in total. The first kappa shape index (κ1) is 23.1. The number of nitrogens with zero attached hydrogens (tertiary/aromatic N) is 12. The molecule has 13 heteroatoms. The van der Waals surface area contributed by atoms with Crippen LogP contribution in [0.3, 0.4) is 0 Å². The number of pyridine rings is 1. The molecule has 0 saturated carbocycles. The number of aromatic nitrogens is 9. The summed E-state index contributed by atoms with van der Waals surface area (Å²) in [4.78, 5) is 21.9. The largest absolute Gasteiger partial charge is 0.368 e. The standard InChI is InChI=1S/C24H19N13/c1-27-11-9-17(28-2)20-21(16-7-5-6-15(12-16)13-25)31-24(26)37-23(20)30-19(33-37)14-36-22(32-34-35-36)18-8-3-4-10-29-18/h3-12H,1,14H2,2H3,(H2,26,31)/b11-9-,28-17?. The van der Waals surface area contributed by atoms with Gasteiger partial charge in [-0.2, -0.15) is 9.78 Å². The summed E-state index contributed by atoms with van der Waals surface area (Å²) >= 11 is 0. The van der Waals surface area contributed by atoms with E-state index >= 15 is 0 Å². The highest BCUT2D eigenvalue weighted by Gasteiger charge is 2.22. The average Bonchev–Trinajstić information content (AvgIpc) is 3.58. The maximum atomic E-state index is 9.41. The van der Waals surface area contributed by atoms with Crippen LogP contribution in [-0.4, -0.2) is 64.3 Å². The molecule has 180 valence electrons. The third-order valence-electron chi connectivity index (χ3n) is 5.37. The van der Waals surface area contributed by atoms with E-state index in [1.54, 1.807) is 42.2 Å². The molecule has 4 aromatic heterocycles. The molecule has 0 bridgehead atoms. The van der Waals surface area contributed by atoms with Crippen molar-refractivity contribution in [3.63, 3.8) is 0 Å². The molecule has 0 saturated heterocycles. The van der Waals surface area contributed by atoms with Gasteiger partial charge in [0, 0.05) is 25.0 Å². The van der Waals surface area contributed by atoms with Gasteiger partial charge in [0.1, 0.15) is 12.2 Å². The fraction of sp³-hybridized carbons (Fsp3) is 0.0833. The fourth-order valence-corrected chi connectivity index (χ4v) is 3.76. The van der Waals surface area contributed by atoms with Crippen LogP contribution in [-0.2, 0) is 6.54 Å². The Morgan fingerprint density at radius 1 is 1.22 bits per heavy atom. The zero-order valence-electron chi connectivity index (χ0n) is 19.6. The topological polar surface area (TPSA) is 174 Å². The monoisotopic (exact) mass is 489 g/mol. The van der Waals surface area contributed by atoms with Crippen molar-refractivity contribution < 1.29 is 0 Å². The number of benzene rings is 1. The lowest BCUT2D eigenvalue weighted by atomic mass is 10.0. The zero-order chi connectivity index (χ0) is 25.8.